The summed E-state index contributed by atoms with van der Waals surface area (Å²) in [6.07, 6.45) is 1.21. The van der Waals surface area contributed by atoms with Crippen LogP contribution in [0.15, 0.2) is 24.3 Å². The van der Waals surface area contributed by atoms with E-state index < -0.39 is 10.0 Å². The molecular formula is C14H20ClN3O3S. The average Bonchev–Trinajstić information content (AvgIpc) is 2.46. The fourth-order valence-electron chi connectivity index (χ4n) is 2.31. The maximum atomic E-state index is 11.9. The minimum Gasteiger partial charge on any atom is -0.351 e. The molecule has 2 rings (SSSR count). The summed E-state index contributed by atoms with van der Waals surface area (Å²) >= 11 is 6.03. The number of sulfonamides is 1. The predicted octanol–water partition coefficient (Wildman–Crippen LogP) is 0.533. The second-order valence-corrected chi connectivity index (χ2v) is 7.70. The Morgan fingerprint density at radius 3 is 2.45 bits per heavy atom. The number of benzene rings is 1. The summed E-state index contributed by atoms with van der Waals surface area (Å²) in [6.45, 7) is 2.64. The van der Waals surface area contributed by atoms with E-state index in [4.69, 9.17) is 11.6 Å². The van der Waals surface area contributed by atoms with Gasteiger partial charge in [0.25, 0.3) is 0 Å². The minimum atomic E-state index is -3.14. The van der Waals surface area contributed by atoms with Gasteiger partial charge in [0.2, 0.25) is 15.9 Å². The molecule has 1 aromatic rings. The molecule has 1 aromatic carbocycles. The Bertz CT molecular complexity index is 628. The number of carbonyl (C=O) groups is 1. The van der Waals surface area contributed by atoms with Crippen LogP contribution in [-0.2, 0) is 21.4 Å². The molecule has 22 heavy (non-hydrogen) atoms. The summed E-state index contributed by atoms with van der Waals surface area (Å²) in [6, 6.07) is 7.37. The number of nitrogens with zero attached hydrogens (tertiary/aromatic N) is 2. The van der Waals surface area contributed by atoms with Crippen LogP contribution in [0.3, 0.4) is 0 Å². The Labute approximate surface area is 136 Å². The molecule has 1 saturated heterocycles. The van der Waals surface area contributed by atoms with Gasteiger partial charge in [-0.2, -0.15) is 4.31 Å². The molecule has 1 N–H and O–H groups in total. The van der Waals surface area contributed by atoms with Crippen LogP contribution in [0.4, 0.5) is 0 Å². The number of amides is 1. The Hall–Kier alpha value is -1.15. The molecule has 1 fully saturated rings. The Morgan fingerprint density at radius 2 is 1.86 bits per heavy atom. The molecule has 1 heterocycles. The van der Waals surface area contributed by atoms with E-state index in [0.29, 0.717) is 37.7 Å². The molecule has 122 valence electrons. The van der Waals surface area contributed by atoms with E-state index in [1.54, 1.807) is 6.07 Å². The average molecular weight is 346 g/mol. The number of piperazine rings is 1. The van der Waals surface area contributed by atoms with E-state index in [9.17, 15) is 13.2 Å². The van der Waals surface area contributed by atoms with Gasteiger partial charge in [-0.25, -0.2) is 8.42 Å². The standard InChI is InChI=1S/C14H20ClN3O3S/c1-22(20,21)18-8-6-17(7-9-18)11-14(19)16-10-12-4-2-3-5-13(12)15/h2-5H,6-11H2,1H3,(H,16,19). The van der Waals surface area contributed by atoms with Crippen LogP contribution in [0.1, 0.15) is 5.56 Å². The fourth-order valence-corrected chi connectivity index (χ4v) is 3.34. The summed E-state index contributed by atoms with van der Waals surface area (Å²) in [5.74, 6) is -0.0901. The fraction of sp³-hybridized carbons (Fsp3) is 0.500. The summed E-state index contributed by atoms with van der Waals surface area (Å²) < 4.78 is 24.3. The summed E-state index contributed by atoms with van der Waals surface area (Å²) in [4.78, 5) is 13.9. The first-order chi connectivity index (χ1) is 10.4. The Morgan fingerprint density at radius 1 is 1.23 bits per heavy atom. The van der Waals surface area contributed by atoms with Crippen LogP contribution in [0.25, 0.3) is 0 Å². The second-order valence-electron chi connectivity index (χ2n) is 5.31. The Kier molecular flexibility index (Phi) is 5.80. The molecule has 6 nitrogen and oxygen atoms in total. The Balaban J connectivity index is 1.76. The monoisotopic (exact) mass is 345 g/mol. The van der Waals surface area contributed by atoms with Gasteiger partial charge < -0.3 is 5.32 Å². The van der Waals surface area contributed by atoms with Crippen molar-refractivity contribution in [2.75, 3.05) is 39.0 Å². The van der Waals surface area contributed by atoms with Gasteiger partial charge in [0.1, 0.15) is 0 Å². The van der Waals surface area contributed by atoms with Crippen molar-refractivity contribution >= 4 is 27.5 Å². The van der Waals surface area contributed by atoms with E-state index in [1.165, 1.54) is 10.6 Å². The van der Waals surface area contributed by atoms with Crippen molar-refractivity contribution in [3.63, 3.8) is 0 Å². The molecule has 0 aromatic heterocycles. The minimum absolute atomic E-state index is 0.0901. The molecule has 1 aliphatic rings. The van der Waals surface area contributed by atoms with Crippen molar-refractivity contribution in [3.8, 4) is 0 Å². The third kappa shape index (κ3) is 4.95. The van der Waals surface area contributed by atoms with Gasteiger partial charge >= 0.3 is 0 Å². The van der Waals surface area contributed by atoms with Crippen LogP contribution < -0.4 is 5.32 Å². The van der Waals surface area contributed by atoms with Gasteiger partial charge in [0, 0.05) is 37.7 Å². The van der Waals surface area contributed by atoms with E-state index >= 15 is 0 Å². The van der Waals surface area contributed by atoms with E-state index in [1.807, 2.05) is 23.1 Å². The van der Waals surface area contributed by atoms with Gasteiger partial charge in [-0.05, 0) is 11.6 Å². The largest absolute Gasteiger partial charge is 0.351 e. The van der Waals surface area contributed by atoms with E-state index in [0.717, 1.165) is 5.56 Å². The molecule has 0 saturated carbocycles. The molecule has 0 atom stereocenters. The lowest BCUT2D eigenvalue weighted by atomic mass is 10.2. The van der Waals surface area contributed by atoms with Crippen LogP contribution in [0.2, 0.25) is 5.02 Å². The number of hydrogen-bond donors (Lipinski definition) is 1. The third-order valence-electron chi connectivity index (χ3n) is 3.60. The molecule has 0 radical (unpaired) electrons. The number of rotatable bonds is 5. The van der Waals surface area contributed by atoms with Crippen molar-refractivity contribution in [1.29, 1.82) is 0 Å². The van der Waals surface area contributed by atoms with Crippen LogP contribution in [-0.4, -0.2) is 62.5 Å². The summed E-state index contributed by atoms with van der Waals surface area (Å²) in [5, 5.41) is 3.46. The maximum Gasteiger partial charge on any atom is 0.234 e. The van der Waals surface area contributed by atoms with Gasteiger partial charge in [-0.15, -0.1) is 0 Å². The maximum absolute atomic E-state index is 11.9. The van der Waals surface area contributed by atoms with Crippen LogP contribution in [0.5, 0.6) is 0 Å². The molecule has 1 amide bonds. The zero-order chi connectivity index (χ0) is 16.2. The smallest absolute Gasteiger partial charge is 0.234 e. The quantitative estimate of drug-likeness (QED) is 0.845. The lowest BCUT2D eigenvalue weighted by molar-refractivity contribution is -0.122. The SMILES string of the molecule is CS(=O)(=O)N1CCN(CC(=O)NCc2ccccc2Cl)CC1. The third-order valence-corrected chi connectivity index (χ3v) is 5.27. The first-order valence-electron chi connectivity index (χ1n) is 7.04. The zero-order valence-electron chi connectivity index (χ0n) is 12.5. The van der Waals surface area contributed by atoms with Crippen molar-refractivity contribution in [2.24, 2.45) is 0 Å². The lowest BCUT2D eigenvalue weighted by Crippen LogP contribution is -2.50. The highest BCUT2D eigenvalue weighted by molar-refractivity contribution is 7.88. The first kappa shape index (κ1) is 17.2. The second kappa shape index (κ2) is 7.41. The highest BCUT2D eigenvalue weighted by Crippen LogP contribution is 2.14. The van der Waals surface area contributed by atoms with Gasteiger partial charge in [0.15, 0.2) is 0 Å². The predicted molar refractivity (Wildman–Crippen MR) is 86.2 cm³/mol. The molecule has 0 aliphatic carbocycles. The van der Waals surface area contributed by atoms with E-state index in [2.05, 4.69) is 5.32 Å². The highest BCUT2D eigenvalue weighted by atomic mass is 35.5. The molecule has 1 aliphatic heterocycles. The number of nitrogens with one attached hydrogen (secondary N) is 1. The van der Waals surface area contributed by atoms with Crippen molar-refractivity contribution in [3.05, 3.63) is 34.9 Å². The zero-order valence-corrected chi connectivity index (χ0v) is 14.0. The normalized spacial score (nSPS) is 17.4. The molecule has 8 heteroatoms. The summed E-state index contributed by atoms with van der Waals surface area (Å²) in [7, 11) is -3.14. The van der Waals surface area contributed by atoms with Crippen LogP contribution in [0, 0.1) is 0 Å². The van der Waals surface area contributed by atoms with Gasteiger partial charge in [-0.3, -0.25) is 9.69 Å². The van der Waals surface area contributed by atoms with E-state index in [-0.39, 0.29) is 12.5 Å². The van der Waals surface area contributed by atoms with Gasteiger partial charge in [-0.1, -0.05) is 29.8 Å². The van der Waals surface area contributed by atoms with Crippen molar-refractivity contribution < 1.29 is 13.2 Å². The molecule has 0 unspecified atom stereocenters. The van der Waals surface area contributed by atoms with Crippen molar-refractivity contribution in [1.82, 2.24) is 14.5 Å². The first-order valence-corrected chi connectivity index (χ1v) is 9.26. The molecular weight excluding hydrogens is 326 g/mol. The summed E-state index contributed by atoms with van der Waals surface area (Å²) in [5.41, 5.74) is 0.874. The molecule has 0 spiro atoms. The lowest BCUT2D eigenvalue weighted by Gasteiger charge is -2.32. The number of halogens is 1. The van der Waals surface area contributed by atoms with Crippen LogP contribution >= 0.6 is 11.6 Å². The van der Waals surface area contributed by atoms with Crippen molar-refractivity contribution in [2.45, 2.75) is 6.54 Å². The van der Waals surface area contributed by atoms with Gasteiger partial charge in [0.05, 0.1) is 12.8 Å². The molecule has 0 bridgehead atoms. The highest BCUT2D eigenvalue weighted by Gasteiger charge is 2.24. The number of hydrogen-bond acceptors (Lipinski definition) is 4. The number of carbonyl (C=O) groups excluding carboxylic acids is 1. The topological polar surface area (TPSA) is 69.7 Å².